The Balaban J connectivity index is 1.49. The second kappa shape index (κ2) is 32.7. The molecule has 0 N–H and O–H groups in total. The maximum atomic E-state index is 12.5. The molecule has 0 spiro atoms. The number of anilines is 1. The summed E-state index contributed by atoms with van der Waals surface area (Å²) < 4.78 is 17.7. The molecule has 340 valence electrons. The summed E-state index contributed by atoms with van der Waals surface area (Å²) in [6, 6.07) is 20.3. The molecule has 0 aliphatic rings. The van der Waals surface area contributed by atoms with Crippen LogP contribution in [0.2, 0.25) is 0 Å². The van der Waals surface area contributed by atoms with Gasteiger partial charge in [0.2, 0.25) is 0 Å². The number of carbonyl (C=O) groups is 3. The van der Waals surface area contributed by atoms with Crippen LogP contribution < -0.4 is 14.4 Å². The molecule has 3 aromatic carbocycles. The summed E-state index contributed by atoms with van der Waals surface area (Å²) in [4.78, 5) is 38.6. The zero-order valence-electron chi connectivity index (χ0n) is 38.4. The molecule has 0 aromatic heterocycles. The minimum atomic E-state index is -0.127. The molecular formula is C51H75N5O6. The second-order valence-electron chi connectivity index (χ2n) is 16.1. The molecule has 0 saturated heterocycles. The predicted octanol–water partition coefficient (Wildman–Crippen LogP) is 15.0. The molecule has 0 fully saturated rings. The smallest absolute Gasteiger partial charge is 0.305 e. The Hall–Kier alpha value is -4.93. The van der Waals surface area contributed by atoms with Crippen molar-refractivity contribution in [1.82, 2.24) is 0 Å². The van der Waals surface area contributed by atoms with Gasteiger partial charge in [0, 0.05) is 50.0 Å². The number of ether oxygens (including phenoxy) is 3. The average molecular weight is 854 g/mol. The molecular weight excluding hydrogens is 779 g/mol. The number of likely N-dealkylation sites (N-methyl/N-ethyl adjacent to an activating group) is 1. The lowest BCUT2D eigenvalue weighted by Crippen LogP contribution is -2.27. The van der Waals surface area contributed by atoms with Crippen LogP contribution in [-0.2, 0) is 19.1 Å². The minimum Gasteiger partial charge on any atom is -0.491 e. The number of benzene rings is 3. The highest BCUT2D eigenvalue weighted by Crippen LogP contribution is 2.41. The Labute approximate surface area is 372 Å². The third-order valence-corrected chi connectivity index (χ3v) is 10.7. The minimum absolute atomic E-state index is 0.000846. The predicted molar refractivity (Wildman–Crippen MR) is 252 cm³/mol. The number of hydrogen-bond donors (Lipinski definition) is 0. The molecule has 0 heterocycles. The van der Waals surface area contributed by atoms with Crippen LogP contribution in [0.25, 0.3) is 0 Å². The van der Waals surface area contributed by atoms with E-state index in [0.717, 1.165) is 31.5 Å². The SMILES string of the molecule is CCCCCCCCCCCCCCCCCCC(=O)OCCN(CC)c1ccc(N=Nc2cc(OCCC(C)=O)c(N=Nc3ccccc3)cc2OCCC(=O)CCC)cc1. The van der Waals surface area contributed by atoms with E-state index in [9.17, 15) is 14.4 Å². The number of carbonyl (C=O) groups excluding carboxylic acids is 3. The van der Waals surface area contributed by atoms with Gasteiger partial charge in [0.15, 0.2) is 0 Å². The van der Waals surface area contributed by atoms with Gasteiger partial charge < -0.3 is 19.1 Å². The van der Waals surface area contributed by atoms with E-state index in [1.807, 2.05) is 61.5 Å². The quantitative estimate of drug-likeness (QED) is 0.0323. The van der Waals surface area contributed by atoms with Crippen molar-refractivity contribution < 1.29 is 28.6 Å². The largest absolute Gasteiger partial charge is 0.491 e. The molecule has 3 aromatic rings. The van der Waals surface area contributed by atoms with E-state index in [0.29, 0.717) is 60.2 Å². The van der Waals surface area contributed by atoms with Crippen LogP contribution >= 0.6 is 0 Å². The van der Waals surface area contributed by atoms with E-state index in [4.69, 9.17) is 14.2 Å². The Morgan fingerprint density at radius 3 is 1.52 bits per heavy atom. The molecule has 11 nitrogen and oxygen atoms in total. The molecule has 0 radical (unpaired) electrons. The van der Waals surface area contributed by atoms with E-state index in [1.165, 1.54) is 96.8 Å². The van der Waals surface area contributed by atoms with Crippen molar-refractivity contribution in [3.8, 4) is 11.5 Å². The van der Waals surface area contributed by atoms with Gasteiger partial charge in [0.05, 0.1) is 31.1 Å². The van der Waals surface area contributed by atoms with Crippen molar-refractivity contribution in [2.75, 3.05) is 37.8 Å². The number of rotatable bonds is 36. The highest BCUT2D eigenvalue weighted by Gasteiger charge is 2.15. The molecule has 62 heavy (non-hydrogen) atoms. The first-order chi connectivity index (χ1) is 30.3. The number of ketones is 2. The van der Waals surface area contributed by atoms with Crippen LogP contribution in [0, 0.1) is 0 Å². The molecule has 0 amide bonds. The second-order valence-corrected chi connectivity index (χ2v) is 16.1. The number of unbranched alkanes of at least 4 members (excludes halogenated alkanes) is 15. The van der Waals surface area contributed by atoms with Crippen molar-refractivity contribution >= 4 is 46.0 Å². The van der Waals surface area contributed by atoms with E-state index in [-0.39, 0.29) is 43.6 Å². The van der Waals surface area contributed by atoms with Gasteiger partial charge in [0.1, 0.15) is 41.0 Å². The van der Waals surface area contributed by atoms with Crippen molar-refractivity contribution in [2.24, 2.45) is 20.5 Å². The lowest BCUT2D eigenvalue weighted by atomic mass is 10.0. The van der Waals surface area contributed by atoms with Gasteiger partial charge in [-0.15, -0.1) is 10.2 Å². The van der Waals surface area contributed by atoms with Crippen molar-refractivity contribution in [3.05, 3.63) is 66.7 Å². The molecule has 0 saturated carbocycles. The number of azo groups is 2. The Kier molecular flexibility index (Phi) is 27.2. The van der Waals surface area contributed by atoms with E-state index in [2.05, 4.69) is 39.2 Å². The fraction of sp³-hybridized carbons (Fsp3) is 0.588. The zero-order chi connectivity index (χ0) is 44.5. The normalized spacial score (nSPS) is 11.4. The van der Waals surface area contributed by atoms with Gasteiger partial charge in [-0.1, -0.05) is 128 Å². The Bertz CT molecular complexity index is 1750. The fourth-order valence-corrected chi connectivity index (χ4v) is 6.99. The van der Waals surface area contributed by atoms with Crippen molar-refractivity contribution in [3.63, 3.8) is 0 Å². The highest BCUT2D eigenvalue weighted by atomic mass is 16.5. The first-order valence-corrected chi connectivity index (χ1v) is 23.7. The molecule has 0 aliphatic carbocycles. The van der Waals surface area contributed by atoms with Gasteiger partial charge >= 0.3 is 5.97 Å². The topological polar surface area (TPSA) is 132 Å². The molecule has 11 heteroatoms. The summed E-state index contributed by atoms with van der Waals surface area (Å²) in [5.41, 5.74) is 3.03. The summed E-state index contributed by atoms with van der Waals surface area (Å²) in [6.45, 7) is 9.81. The summed E-state index contributed by atoms with van der Waals surface area (Å²) in [5, 5.41) is 17.8. The van der Waals surface area contributed by atoms with Crippen LogP contribution in [0.15, 0.2) is 87.2 Å². The first kappa shape index (κ1) is 51.4. The van der Waals surface area contributed by atoms with E-state index in [1.54, 1.807) is 12.1 Å². The molecule has 3 rings (SSSR count). The summed E-state index contributed by atoms with van der Waals surface area (Å²) in [6.07, 6.45) is 23.1. The van der Waals surface area contributed by atoms with Crippen molar-refractivity contribution in [1.29, 1.82) is 0 Å². The van der Waals surface area contributed by atoms with Crippen molar-refractivity contribution in [2.45, 2.75) is 163 Å². The number of esters is 1. The third-order valence-electron chi connectivity index (χ3n) is 10.7. The van der Waals surface area contributed by atoms with Gasteiger partial charge in [-0.05, 0) is 63.1 Å². The number of hydrogen-bond acceptors (Lipinski definition) is 11. The van der Waals surface area contributed by atoms with Crippen LogP contribution in [-0.4, -0.2) is 50.4 Å². The van der Waals surface area contributed by atoms with Gasteiger partial charge in [0.25, 0.3) is 0 Å². The standard InChI is InChI=1S/C51H75N5O6/c1-5-8-9-10-11-12-13-14-15-16-17-18-19-20-21-25-29-51(59)62-39-36-56(7-3)45-32-30-44(31-33-45)53-55-48-40-49(60-37-34-42(4)57)47(54-52-43-27-23-22-24-28-43)41-50(48)61-38-35-46(58)26-6-2/h22-24,27-28,30-33,40-41H,5-21,25-26,29,34-39H2,1-4H3. The summed E-state index contributed by atoms with van der Waals surface area (Å²) in [7, 11) is 0. The summed E-state index contributed by atoms with van der Waals surface area (Å²) in [5.74, 6) is 0.735. The van der Waals surface area contributed by atoms with Gasteiger partial charge in [-0.3, -0.25) is 14.4 Å². The highest BCUT2D eigenvalue weighted by molar-refractivity contribution is 5.78. The number of Topliss-reactive ketones (excluding diaryl/α,β-unsaturated/α-hetero) is 2. The lowest BCUT2D eigenvalue weighted by molar-refractivity contribution is -0.143. The third kappa shape index (κ3) is 22.8. The first-order valence-electron chi connectivity index (χ1n) is 23.7. The van der Waals surface area contributed by atoms with Crippen LogP contribution in [0.4, 0.5) is 28.4 Å². The van der Waals surface area contributed by atoms with Crippen LogP contribution in [0.1, 0.15) is 163 Å². The molecule has 0 bridgehead atoms. The number of nitrogens with zero attached hydrogens (tertiary/aromatic N) is 5. The fourth-order valence-electron chi connectivity index (χ4n) is 6.99. The Morgan fingerprint density at radius 2 is 1.02 bits per heavy atom. The lowest BCUT2D eigenvalue weighted by Gasteiger charge is -2.23. The maximum absolute atomic E-state index is 12.5. The van der Waals surface area contributed by atoms with Crippen LogP contribution in [0.3, 0.4) is 0 Å². The maximum Gasteiger partial charge on any atom is 0.305 e. The molecule has 0 unspecified atom stereocenters. The van der Waals surface area contributed by atoms with Gasteiger partial charge in [-0.2, -0.15) is 10.2 Å². The van der Waals surface area contributed by atoms with Crippen LogP contribution in [0.5, 0.6) is 11.5 Å². The van der Waals surface area contributed by atoms with Gasteiger partial charge in [-0.25, -0.2) is 0 Å². The molecule has 0 aliphatic heterocycles. The van der Waals surface area contributed by atoms with E-state index < -0.39 is 0 Å². The Morgan fingerprint density at radius 1 is 0.516 bits per heavy atom. The average Bonchev–Trinajstić information content (AvgIpc) is 3.27. The monoisotopic (exact) mass is 854 g/mol. The summed E-state index contributed by atoms with van der Waals surface area (Å²) >= 11 is 0. The zero-order valence-corrected chi connectivity index (χ0v) is 38.4. The molecule has 0 atom stereocenters. The van der Waals surface area contributed by atoms with E-state index >= 15 is 0 Å².